The standard InChI is InChI=1S/C31H36N2O2S/c1-22-9-8-10-25(19-22)21-33(23(2)20-24(3)34-4)31-18-17-30(28-11-6-7-12-29(28)31)32-36-27-15-13-26(35-5)14-16-27/h6-8,10-19,22-23,32H,3,9,20-21H2,1-2,4-5H3. The molecular formula is C31H36N2O2S. The predicted octanol–water partition coefficient (Wildman–Crippen LogP) is 8.24. The molecule has 1 aliphatic rings. The fourth-order valence-corrected chi connectivity index (χ4v) is 5.28. The zero-order valence-corrected chi connectivity index (χ0v) is 22.5. The Labute approximate surface area is 219 Å². The summed E-state index contributed by atoms with van der Waals surface area (Å²) >= 11 is 1.60. The van der Waals surface area contributed by atoms with E-state index < -0.39 is 0 Å². The highest BCUT2D eigenvalue weighted by Crippen LogP contribution is 2.37. The van der Waals surface area contributed by atoms with Gasteiger partial charge in [0.2, 0.25) is 0 Å². The van der Waals surface area contributed by atoms with Crippen molar-refractivity contribution in [2.45, 2.75) is 37.6 Å². The molecule has 0 spiro atoms. The Morgan fingerprint density at radius 1 is 1.08 bits per heavy atom. The first-order valence-corrected chi connectivity index (χ1v) is 13.2. The molecule has 0 heterocycles. The van der Waals surface area contributed by atoms with Crippen LogP contribution in [0, 0.1) is 5.92 Å². The first-order chi connectivity index (χ1) is 17.5. The topological polar surface area (TPSA) is 33.7 Å². The number of rotatable bonds is 11. The summed E-state index contributed by atoms with van der Waals surface area (Å²) in [4.78, 5) is 3.61. The van der Waals surface area contributed by atoms with Gasteiger partial charge in [-0.1, -0.05) is 56.0 Å². The van der Waals surface area contributed by atoms with Crippen molar-refractivity contribution < 1.29 is 9.47 Å². The van der Waals surface area contributed by atoms with Crippen LogP contribution in [0.25, 0.3) is 10.8 Å². The average molecular weight is 501 g/mol. The van der Waals surface area contributed by atoms with Gasteiger partial charge in [-0.2, -0.15) is 0 Å². The van der Waals surface area contributed by atoms with Gasteiger partial charge in [-0.05, 0) is 73.2 Å². The van der Waals surface area contributed by atoms with Crippen LogP contribution in [0.15, 0.2) is 102 Å². The van der Waals surface area contributed by atoms with E-state index in [0.717, 1.165) is 41.5 Å². The third-order valence-electron chi connectivity index (χ3n) is 6.58. The second-order valence-electron chi connectivity index (χ2n) is 9.34. The van der Waals surface area contributed by atoms with Crippen LogP contribution in [0.2, 0.25) is 0 Å². The highest BCUT2D eigenvalue weighted by Gasteiger charge is 2.21. The van der Waals surface area contributed by atoms with Crippen molar-refractivity contribution in [3.8, 4) is 5.75 Å². The lowest BCUT2D eigenvalue weighted by molar-refractivity contribution is 0.272. The average Bonchev–Trinajstić information content (AvgIpc) is 2.90. The van der Waals surface area contributed by atoms with Crippen LogP contribution in [-0.2, 0) is 4.74 Å². The molecule has 0 aromatic heterocycles. The van der Waals surface area contributed by atoms with Crippen LogP contribution in [0.1, 0.15) is 26.7 Å². The molecule has 36 heavy (non-hydrogen) atoms. The molecule has 0 saturated heterocycles. The molecule has 1 aliphatic carbocycles. The van der Waals surface area contributed by atoms with Crippen LogP contribution < -0.4 is 14.4 Å². The summed E-state index contributed by atoms with van der Waals surface area (Å²) < 4.78 is 14.3. The smallest absolute Gasteiger partial charge is 0.118 e. The van der Waals surface area contributed by atoms with Gasteiger partial charge in [-0.15, -0.1) is 0 Å². The number of fused-ring (bicyclic) bond motifs is 1. The van der Waals surface area contributed by atoms with Gasteiger partial charge in [0.05, 0.1) is 25.7 Å². The Balaban J connectivity index is 1.66. The van der Waals surface area contributed by atoms with Crippen LogP contribution in [0.4, 0.5) is 11.4 Å². The molecule has 3 aromatic rings. The van der Waals surface area contributed by atoms with E-state index in [9.17, 15) is 0 Å². The van der Waals surface area contributed by atoms with E-state index in [0.29, 0.717) is 5.92 Å². The lowest BCUT2D eigenvalue weighted by Gasteiger charge is -2.34. The minimum atomic E-state index is 0.222. The maximum absolute atomic E-state index is 5.44. The van der Waals surface area contributed by atoms with Crippen molar-refractivity contribution in [1.29, 1.82) is 0 Å². The monoisotopic (exact) mass is 500 g/mol. The highest BCUT2D eigenvalue weighted by molar-refractivity contribution is 8.00. The summed E-state index contributed by atoms with van der Waals surface area (Å²) in [6.45, 7) is 9.46. The molecule has 188 valence electrons. The van der Waals surface area contributed by atoms with Crippen LogP contribution >= 0.6 is 11.9 Å². The Bertz CT molecular complexity index is 1250. The molecule has 2 unspecified atom stereocenters. The van der Waals surface area contributed by atoms with Crippen molar-refractivity contribution in [2.24, 2.45) is 5.92 Å². The second kappa shape index (κ2) is 12.1. The number of nitrogens with zero attached hydrogens (tertiary/aromatic N) is 1. The molecule has 3 aromatic carbocycles. The number of ether oxygens (including phenoxy) is 2. The lowest BCUT2D eigenvalue weighted by Crippen LogP contribution is -2.35. The second-order valence-corrected chi connectivity index (χ2v) is 10.2. The van der Waals surface area contributed by atoms with Crippen molar-refractivity contribution in [1.82, 2.24) is 0 Å². The highest BCUT2D eigenvalue weighted by atomic mass is 32.2. The van der Waals surface area contributed by atoms with Gasteiger partial charge >= 0.3 is 0 Å². The van der Waals surface area contributed by atoms with Crippen molar-refractivity contribution >= 4 is 34.1 Å². The first-order valence-electron chi connectivity index (χ1n) is 12.4. The third-order valence-corrected chi connectivity index (χ3v) is 7.41. The molecule has 0 bridgehead atoms. The number of benzene rings is 3. The Hall–Kier alpha value is -3.31. The largest absolute Gasteiger partial charge is 0.502 e. The zero-order valence-electron chi connectivity index (χ0n) is 21.7. The fourth-order valence-electron chi connectivity index (χ4n) is 4.61. The summed E-state index contributed by atoms with van der Waals surface area (Å²) in [7, 11) is 3.38. The predicted molar refractivity (Wildman–Crippen MR) is 155 cm³/mol. The van der Waals surface area contributed by atoms with E-state index in [4.69, 9.17) is 9.47 Å². The molecule has 0 aliphatic heterocycles. The van der Waals surface area contributed by atoms with E-state index in [1.54, 1.807) is 26.2 Å². The molecule has 5 heteroatoms. The number of nitrogens with one attached hydrogen (secondary N) is 1. The molecule has 2 atom stereocenters. The molecule has 0 saturated carbocycles. The van der Waals surface area contributed by atoms with Gasteiger partial charge in [-0.25, -0.2) is 0 Å². The summed E-state index contributed by atoms with van der Waals surface area (Å²) in [6.07, 6.45) is 8.83. The molecule has 4 rings (SSSR count). The molecule has 0 radical (unpaired) electrons. The fraction of sp³-hybridized carbons (Fsp3) is 0.290. The normalized spacial score (nSPS) is 15.8. The lowest BCUT2D eigenvalue weighted by atomic mass is 9.96. The van der Waals surface area contributed by atoms with Crippen molar-refractivity contribution in [3.05, 3.63) is 96.8 Å². The van der Waals surface area contributed by atoms with Crippen LogP contribution in [-0.4, -0.2) is 26.8 Å². The SMILES string of the molecule is C=C(CC(C)N(CC1=CC(C)CC=C1)c1ccc(NSc2ccc(OC)cc2)c2ccccc12)OC. The van der Waals surface area contributed by atoms with Gasteiger partial charge < -0.3 is 19.1 Å². The summed E-state index contributed by atoms with van der Waals surface area (Å²) in [5.74, 6) is 2.22. The Kier molecular flexibility index (Phi) is 8.65. The van der Waals surface area contributed by atoms with Crippen molar-refractivity contribution in [2.75, 3.05) is 30.4 Å². The number of methoxy groups -OCH3 is 2. The third kappa shape index (κ3) is 6.27. The molecular weight excluding hydrogens is 464 g/mol. The summed E-state index contributed by atoms with van der Waals surface area (Å²) in [5, 5.41) is 2.42. The molecule has 0 amide bonds. The maximum Gasteiger partial charge on any atom is 0.118 e. The number of hydrogen-bond donors (Lipinski definition) is 1. The molecule has 0 fully saturated rings. The molecule has 4 nitrogen and oxygen atoms in total. The van der Waals surface area contributed by atoms with Gasteiger partial charge in [0.25, 0.3) is 0 Å². The number of allylic oxidation sites excluding steroid dienone is 2. The minimum absolute atomic E-state index is 0.222. The van der Waals surface area contributed by atoms with E-state index in [-0.39, 0.29) is 6.04 Å². The summed E-state index contributed by atoms with van der Waals surface area (Å²) in [5.41, 5.74) is 3.66. The first kappa shape index (κ1) is 25.8. The van der Waals surface area contributed by atoms with E-state index >= 15 is 0 Å². The van der Waals surface area contributed by atoms with Crippen molar-refractivity contribution in [3.63, 3.8) is 0 Å². The number of hydrogen-bond acceptors (Lipinski definition) is 5. The maximum atomic E-state index is 5.44. The quantitative estimate of drug-likeness (QED) is 0.212. The molecule has 1 N–H and O–H groups in total. The van der Waals surface area contributed by atoms with E-state index in [2.05, 4.69) is 96.8 Å². The Morgan fingerprint density at radius 3 is 2.53 bits per heavy atom. The Morgan fingerprint density at radius 2 is 1.83 bits per heavy atom. The van der Waals surface area contributed by atoms with Gasteiger partial charge in [0.1, 0.15) is 5.75 Å². The van der Waals surface area contributed by atoms with Gasteiger partial charge in [0, 0.05) is 40.4 Å². The van der Waals surface area contributed by atoms with Crippen LogP contribution in [0.3, 0.4) is 0 Å². The zero-order chi connectivity index (χ0) is 25.5. The van der Waals surface area contributed by atoms with Crippen LogP contribution in [0.5, 0.6) is 5.75 Å². The number of anilines is 2. The van der Waals surface area contributed by atoms with Gasteiger partial charge in [0.15, 0.2) is 0 Å². The van der Waals surface area contributed by atoms with E-state index in [1.165, 1.54) is 22.0 Å². The summed E-state index contributed by atoms with van der Waals surface area (Å²) in [6, 6.07) is 21.4. The van der Waals surface area contributed by atoms with E-state index in [1.807, 2.05) is 12.1 Å². The van der Waals surface area contributed by atoms with Gasteiger partial charge in [-0.3, -0.25) is 0 Å². The minimum Gasteiger partial charge on any atom is -0.502 e.